The summed E-state index contributed by atoms with van der Waals surface area (Å²) in [6.45, 7) is 4.03. The number of thioether (sulfide) groups is 1. The minimum Gasteiger partial charge on any atom is -0.338 e. The molecule has 0 bridgehead atoms. The zero-order chi connectivity index (χ0) is 17.2. The summed E-state index contributed by atoms with van der Waals surface area (Å²) in [6.07, 6.45) is 0. The lowest BCUT2D eigenvalue weighted by molar-refractivity contribution is 0.380. The van der Waals surface area contributed by atoms with Gasteiger partial charge in [-0.1, -0.05) is 40.7 Å². The zero-order valence-corrected chi connectivity index (χ0v) is 15.2. The lowest BCUT2D eigenvalue weighted by atomic mass is 10.2. The van der Waals surface area contributed by atoms with E-state index in [0.29, 0.717) is 16.9 Å². The van der Waals surface area contributed by atoms with Crippen molar-refractivity contribution in [2.24, 2.45) is 0 Å². The van der Waals surface area contributed by atoms with Gasteiger partial charge in [0.25, 0.3) is 0 Å². The van der Waals surface area contributed by atoms with Crippen LogP contribution >= 0.6 is 23.1 Å². The van der Waals surface area contributed by atoms with Gasteiger partial charge in [0.1, 0.15) is 0 Å². The summed E-state index contributed by atoms with van der Waals surface area (Å²) >= 11 is 3.05. The van der Waals surface area contributed by atoms with Crippen LogP contribution in [0.25, 0.3) is 16.4 Å². The maximum absolute atomic E-state index is 5.41. The average molecular weight is 370 g/mol. The van der Waals surface area contributed by atoms with Crippen molar-refractivity contribution in [1.29, 1.82) is 0 Å². The first-order valence-electron chi connectivity index (χ1n) is 7.60. The van der Waals surface area contributed by atoms with Gasteiger partial charge in [0, 0.05) is 0 Å². The molecule has 1 aromatic carbocycles. The van der Waals surface area contributed by atoms with Crippen LogP contribution in [0.1, 0.15) is 23.6 Å². The van der Waals surface area contributed by atoms with Gasteiger partial charge in [0.15, 0.2) is 0 Å². The molecule has 0 N–H and O–H groups in total. The molecule has 0 fully saturated rings. The van der Waals surface area contributed by atoms with Crippen molar-refractivity contribution in [2.45, 2.75) is 24.3 Å². The Balaban J connectivity index is 1.55. The minimum absolute atomic E-state index is 0.0728. The summed E-state index contributed by atoms with van der Waals surface area (Å²) in [4.78, 5) is 5.46. The molecule has 1 atom stereocenters. The first-order valence-corrected chi connectivity index (χ1v) is 9.36. The van der Waals surface area contributed by atoms with Crippen molar-refractivity contribution in [3.8, 4) is 16.4 Å². The molecule has 0 radical (unpaired) electrons. The highest BCUT2D eigenvalue weighted by Crippen LogP contribution is 2.34. The molecule has 126 valence electrons. The van der Waals surface area contributed by atoms with Crippen molar-refractivity contribution in [3.05, 3.63) is 53.2 Å². The summed E-state index contributed by atoms with van der Waals surface area (Å²) in [5.41, 5.74) is 2.10. The molecule has 25 heavy (non-hydrogen) atoms. The Hall–Kier alpha value is -2.52. The number of tetrazole rings is 1. The van der Waals surface area contributed by atoms with Crippen molar-refractivity contribution in [2.75, 3.05) is 0 Å². The number of nitrogens with zero attached hydrogens (tertiary/aromatic N) is 6. The second kappa shape index (κ2) is 6.77. The predicted octanol–water partition coefficient (Wildman–Crippen LogP) is 3.94. The van der Waals surface area contributed by atoms with E-state index in [1.807, 2.05) is 55.6 Å². The van der Waals surface area contributed by atoms with Crippen molar-refractivity contribution in [3.63, 3.8) is 0 Å². The van der Waals surface area contributed by atoms with Crippen LogP contribution in [0.5, 0.6) is 0 Å². The Labute approximate surface area is 152 Å². The first-order chi connectivity index (χ1) is 12.2. The van der Waals surface area contributed by atoms with E-state index in [1.165, 1.54) is 17.3 Å². The van der Waals surface area contributed by atoms with Crippen LogP contribution in [-0.4, -0.2) is 30.3 Å². The number of hydrogen-bond donors (Lipinski definition) is 0. The van der Waals surface area contributed by atoms with E-state index in [-0.39, 0.29) is 5.25 Å². The monoisotopic (exact) mass is 370 g/mol. The fraction of sp³-hybridized carbons (Fsp3) is 0.188. The molecule has 3 aromatic heterocycles. The summed E-state index contributed by atoms with van der Waals surface area (Å²) in [5.74, 6) is 1.16. The molecule has 0 amide bonds. The topological polar surface area (TPSA) is 82.5 Å². The van der Waals surface area contributed by atoms with Gasteiger partial charge in [-0.05, 0) is 47.9 Å². The molecule has 7 nitrogen and oxygen atoms in total. The fourth-order valence-electron chi connectivity index (χ4n) is 2.22. The third kappa shape index (κ3) is 3.33. The third-order valence-corrected chi connectivity index (χ3v) is 5.42. The van der Waals surface area contributed by atoms with Crippen LogP contribution in [0, 0.1) is 6.92 Å². The van der Waals surface area contributed by atoms with Gasteiger partial charge in [-0.3, -0.25) is 0 Å². The molecule has 0 aliphatic heterocycles. The number of rotatable bonds is 5. The van der Waals surface area contributed by atoms with Crippen LogP contribution in [-0.2, 0) is 0 Å². The summed E-state index contributed by atoms with van der Waals surface area (Å²) in [5, 5.41) is 18.6. The molecule has 1 unspecified atom stereocenters. The van der Waals surface area contributed by atoms with E-state index in [2.05, 4.69) is 25.7 Å². The van der Waals surface area contributed by atoms with E-state index in [9.17, 15) is 0 Å². The summed E-state index contributed by atoms with van der Waals surface area (Å²) in [6, 6.07) is 12.0. The molecule has 0 saturated carbocycles. The lowest BCUT2D eigenvalue weighted by Crippen LogP contribution is -2.00. The van der Waals surface area contributed by atoms with E-state index in [4.69, 9.17) is 4.52 Å². The first kappa shape index (κ1) is 16.0. The Kier molecular flexibility index (Phi) is 4.33. The van der Waals surface area contributed by atoms with Gasteiger partial charge in [0.05, 0.1) is 15.8 Å². The number of aromatic nitrogens is 6. The Morgan fingerprint density at radius 1 is 1.20 bits per heavy atom. The maximum Gasteiger partial charge on any atom is 0.240 e. The molecule has 3 heterocycles. The van der Waals surface area contributed by atoms with Gasteiger partial charge in [0.2, 0.25) is 16.9 Å². The van der Waals surface area contributed by atoms with Crippen LogP contribution in [0.3, 0.4) is 0 Å². The molecule has 0 aliphatic rings. The predicted molar refractivity (Wildman–Crippen MR) is 95.8 cm³/mol. The zero-order valence-electron chi connectivity index (χ0n) is 13.5. The summed E-state index contributed by atoms with van der Waals surface area (Å²) < 4.78 is 7.11. The highest BCUT2D eigenvalue weighted by Gasteiger charge is 2.20. The van der Waals surface area contributed by atoms with Crippen molar-refractivity contribution in [1.82, 2.24) is 30.3 Å². The second-order valence-electron chi connectivity index (χ2n) is 5.40. The number of hydrogen-bond acceptors (Lipinski definition) is 8. The quantitative estimate of drug-likeness (QED) is 0.492. The molecule has 0 saturated heterocycles. The highest BCUT2D eigenvalue weighted by molar-refractivity contribution is 7.99. The summed E-state index contributed by atoms with van der Waals surface area (Å²) in [7, 11) is 0. The molecule has 0 spiro atoms. The standard InChI is InChI=1S/C16H14N6OS2/c1-10-5-7-12(8-6-10)22-16(18-20-21-22)25-11(2)15-17-14(19-23-15)13-4-3-9-24-13/h3-9,11H,1-2H3. The largest absolute Gasteiger partial charge is 0.338 e. The molecular formula is C16H14N6OS2. The highest BCUT2D eigenvalue weighted by atomic mass is 32.2. The maximum atomic E-state index is 5.41. The van der Waals surface area contributed by atoms with E-state index < -0.39 is 0 Å². The number of aryl methyl sites for hydroxylation is 1. The Morgan fingerprint density at radius 3 is 2.80 bits per heavy atom. The van der Waals surface area contributed by atoms with Crippen molar-refractivity contribution >= 4 is 23.1 Å². The number of benzene rings is 1. The SMILES string of the molecule is Cc1ccc(-n2nnnc2SC(C)c2nc(-c3cccs3)no2)cc1. The Morgan fingerprint density at radius 2 is 2.04 bits per heavy atom. The number of thiophene rings is 1. The average Bonchev–Trinajstić information content (AvgIpc) is 3.36. The molecule has 0 aliphatic carbocycles. The molecule has 4 aromatic rings. The lowest BCUT2D eigenvalue weighted by Gasteiger charge is -2.07. The second-order valence-corrected chi connectivity index (χ2v) is 7.66. The molecule has 9 heteroatoms. The van der Waals surface area contributed by atoms with E-state index in [1.54, 1.807) is 16.0 Å². The van der Waals surface area contributed by atoms with Crippen molar-refractivity contribution < 1.29 is 4.52 Å². The molecular weight excluding hydrogens is 356 g/mol. The Bertz CT molecular complexity index is 961. The van der Waals surface area contributed by atoms with E-state index in [0.717, 1.165) is 10.6 Å². The van der Waals surface area contributed by atoms with Crippen LogP contribution in [0.4, 0.5) is 0 Å². The minimum atomic E-state index is -0.0728. The van der Waals surface area contributed by atoms with Crippen LogP contribution in [0.2, 0.25) is 0 Å². The van der Waals surface area contributed by atoms with E-state index >= 15 is 0 Å². The smallest absolute Gasteiger partial charge is 0.240 e. The van der Waals surface area contributed by atoms with Crippen LogP contribution in [0.15, 0.2) is 51.5 Å². The van der Waals surface area contributed by atoms with Gasteiger partial charge < -0.3 is 4.52 Å². The van der Waals surface area contributed by atoms with Gasteiger partial charge >= 0.3 is 0 Å². The van der Waals surface area contributed by atoms with Gasteiger partial charge in [-0.15, -0.1) is 16.4 Å². The van der Waals surface area contributed by atoms with Gasteiger partial charge in [-0.2, -0.15) is 9.67 Å². The molecule has 4 rings (SSSR count). The third-order valence-electron chi connectivity index (χ3n) is 3.53. The fourth-order valence-corrected chi connectivity index (χ4v) is 3.70. The normalized spacial score (nSPS) is 12.4. The van der Waals surface area contributed by atoms with Crippen LogP contribution < -0.4 is 0 Å². The van der Waals surface area contributed by atoms with Gasteiger partial charge in [-0.25, -0.2) is 0 Å².